The van der Waals surface area contributed by atoms with Gasteiger partial charge in [-0.15, -0.1) is 0 Å². The first-order valence-electron chi connectivity index (χ1n) is 7.91. The average molecular weight is 321 g/mol. The Morgan fingerprint density at radius 2 is 1.82 bits per heavy atom. The van der Waals surface area contributed by atoms with Crippen molar-refractivity contribution >= 4 is 15.7 Å². The zero-order valence-corrected chi connectivity index (χ0v) is 14.0. The largest absolute Gasteiger partial charge is 0.352 e. The number of hydrogen-bond acceptors (Lipinski definition) is 3. The minimum absolute atomic E-state index is 0.000370. The molecular weight excluding hydrogens is 298 g/mol. The van der Waals surface area contributed by atoms with E-state index in [0.29, 0.717) is 6.42 Å². The zero-order valence-electron chi connectivity index (χ0n) is 13.2. The van der Waals surface area contributed by atoms with Gasteiger partial charge in [-0.3, -0.25) is 4.79 Å². The number of carbonyl (C=O) groups excluding carboxylic acids is 1. The smallest absolute Gasteiger partial charge is 0.230 e. The number of nitrogens with one attached hydrogen (secondary N) is 1. The predicted molar refractivity (Wildman–Crippen MR) is 86.6 cm³/mol. The maximum Gasteiger partial charge on any atom is 0.230 e. The van der Waals surface area contributed by atoms with Crippen LogP contribution in [-0.4, -0.2) is 31.9 Å². The Bertz CT molecular complexity index is 684. The molecule has 3 rings (SSSR count). The van der Waals surface area contributed by atoms with E-state index in [1.165, 1.54) is 0 Å². The molecule has 1 unspecified atom stereocenters. The second kappa shape index (κ2) is 5.37. The first kappa shape index (κ1) is 15.5. The number of sulfone groups is 1. The monoisotopic (exact) mass is 321 g/mol. The molecule has 22 heavy (non-hydrogen) atoms. The van der Waals surface area contributed by atoms with Crippen molar-refractivity contribution in [1.29, 1.82) is 0 Å². The molecule has 1 saturated carbocycles. The Kier molecular flexibility index (Phi) is 3.79. The fourth-order valence-corrected chi connectivity index (χ4v) is 5.12. The average Bonchev–Trinajstić information content (AvgIpc) is 3.17. The summed E-state index contributed by atoms with van der Waals surface area (Å²) in [7, 11) is -3.00. The van der Waals surface area contributed by atoms with Crippen molar-refractivity contribution in [1.82, 2.24) is 5.32 Å². The molecule has 120 valence electrons. The number of benzene rings is 1. The molecule has 1 N–H and O–H groups in total. The number of amides is 1. The lowest BCUT2D eigenvalue weighted by molar-refractivity contribution is -0.124. The van der Waals surface area contributed by atoms with Gasteiger partial charge in [-0.1, -0.05) is 29.3 Å². The number of hydrogen-bond donors (Lipinski definition) is 1. The third-order valence-corrected chi connectivity index (χ3v) is 6.58. The number of carbonyl (C=O) groups is 1. The third-order valence-electron chi connectivity index (χ3n) is 4.76. The molecule has 1 atom stereocenters. The van der Waals surface area contributed by atoms with Gasteiger partial charge < -0.3 is 5.32 Å². The molecule has 2 aliphatic rings. The van der Waals surface area contributed by atoms with E-state index in [2.05, 4.69) is 23.5 Å². The van der Waals surface area contributed by atoms with Crippen LogP contribution >= 0.6 is 0 Å². The van der Waals surface area contributed by atoms with Crippen molar-refractivity contribution in [3.63, 3.8) is 0 Å². The Labute approximate surface area is 132 Å². The van der Waals surface area contributed by atoms with E-state index >= 15 is 0 Å². The summed E-state index contributed by atoms with van der Waals surface area (Å²) in [5, 5.41) is 3.00. The van der Waals surface area contributed by atoms with E-state index in [0.717, 1.165) is 36.0 Å². The first-order valence-corrected chi connectivity index (χ1v) is 9.73. The number of rotatable bonds is 3. The van der Waals surface area contributed by atoms with Crippen molar-refractivity contribution < 1.29 is 13.2 Å². The molecule has 0 radical (unpaired) electrons. The Morgan fingerprint density at radius 1 is 1.18 bits per heavy atom. The van der Waals surface area contributed by atoms with E-state index in [1.807, 2.05) is 13.8 Å². The van der Waals surface area contributed by atoms with E-state index in [9.17, 15) is 13.2 Å². The van der Waals surface area contributed by atoms with Crippen LogP contribution < -0.4 is 5.32 Å². The van der Waals surface area contributed by atoms with Crippen LogP contribution in [0.5, 0.6) is 0 Å². The SMILES string of the molecule is Cc1cc(C)cc(C2(C(=O)NC3CCCS(=O)(=O)C3)CC2)c1. The van der Waals surface area contributed by atoms with Crippen LogP contribution in [0.15, 0.2) is 18.2 Å². The topological polar surface area (TPSA) is 63.2 Å². The molecule has 0 aromatic heterocycles. The highest BCUT2D eigenvalue weighted by molar-refractivity contribution is 7.91. The van der Waals surface area contributed by atoms with Crippen LogP contribution in [0.25, 0.3) is 0 Å². The molecular formula is C17H23NO3S. The molecule has 0 spiro atoms. The molecule has 2 fully saturated rings. The van der Waals surface area contributed by atoms with Gasteiger partial charge in [-0.25, -0.2) is 8.42 Å². The zero-order chi connectivity index (χ0) is 16.0. The van der Waals surface area contributed by atoms with Gasteiger partial charge in [0.15, 0.2) is 9.84 Å². The maximum absolute atomic E-state index is 12.7. The van der Waals surface area contributed by atoms with Crippen molar-refractivity contribution in [2.24, 2.45) is 0 Å². The van der Waals surface area contributed by atoms with Gasteiger partial charge in [0.25, 0.3) is 0 Å². The molecule has 4 nitrogen and oxygen atoms in total. The van der Waals surface area contributed by atoms with Gasteiger partial charge >= 0.3 is 0 Å². The summed E-state index contributed by atoms with van der Waals surface area (Å²) >= 11 is 0. The third kappa shape index (κ3) is 3.05. The lowest BCUT2D eigenvalue weighted by atomic mass is 9.91. The van der Waals surface area contributed by atoms with Crippen LogP contribution in [0.4, 0.5) is 0 Å². The predicted octanol–water partition coefficient (Wildman–Crippen LogP) is 2.03. The van der Waals surface area contributed by atoms with Gasteiger partial charge in [0.05, 0.1) is 16.9 Å². The molecule has 5 heteroatoms. The molecule has 0 bridgehead atoms. The number of aryl methyl sites for hydroxylation is 2. The van der Waals surface area contributed by atoms with Crippen molar-refractivity contribution in [3.8, 4) is 0 Å². The lowest BCUT2D eigenvalue weighted by Crippen LogP contribution is -2.47. The Hall–Kier alpha value is -1.36. The summed E-state index contributed by atoms with van der Waals surface area (Å²) in [6, 6.07) is 6.04. The van der Waals surface area contributed by atoms with Crippen LogP contribution in [-0.2, 0) is 20.0 Å². The van der Waals surface area contributed by atoms with Crippen LogP contribution in [0, 0.1) is 13.8 Å². The lowest BCUT2D eigenvalue weighted by Gasteiger charge is -2.26. The maximum atomic E-state index is 12.7. The summed E-state index contributed by atoms with van der Waals surface area (Å²) in [5.74, 6) is 0.336. The summed E-state index contributed by atoms with van der Waals surface area (Å²) in [6.07, 6.45) is 3.10. The van der Waals surface area contributed by atoms with Gasteiger partial charge in [0.2, 0.25) is 5.91 Å². The fourth-order valence-electron chi connectivity index (χ4n) is 3.48. The summed E-state index contributed by atoms with van der Waals surface area (Å²) < 4.78 is 23.4. The van der Waals surface area contributed by atoms with E-state index in [1.54, 1.807) is 0 Å². The van der Waals surface area contributed by atoms with Crippen molar-refractivity contribution in [3.05, 3.63) is 34.9 Å². The second-order valence-electron chi connectivity index (χ2n) is 6.89. The molecule has 1 heterocycles. The Morgan fingerprint density at radius 3 is 2.36 bits per heavy atom. The van der Waals surface area contributed by atoms with Crippen molar-refractivity contribution in [2.75, 3.05) is 11.5 Å². The first-order chi connectivity index (χ1) is 10.3. The summed E-state index contributed by atoms with van der Waals surface area (Å²) in [6.45, 7) is 4.08. The van der Waals surface area contributed by atoms with Gasteiger partial charge in [0, 0.05) is 6.04 Å². The van der Waals surface area contributed by atoms with E-state index in [-0.39, 0.29) is 23.5 Å². The normalized spacial score (nSPS) is 25.5. The quantitative estimate of drug-likeness (QED) is 0.926. The van der Waals surface area contributed by atoms with Crippen molar-refractivity contribution in [2.45, 2.75) is 51.0 Å². The summed E-state index contributed by atoms with van der Waals surface area (Å²) in [4.78, 5) is 12.7. The van der Waals surface area contributed by atoms with Gasteiger partial charge in [-0.2, -0.15) is 0 Å². The highest BCUT2D eigenvalue weighted by Crippen LogP contribution is 2.49. The Balaban J connectivity index is 1.77. The summed E-state index contributed by atoms with van der Waals surface area (Å²) in [5.41, 5.74) is 2.96. The molecule has 1 aliphatic carbocycles. The van der Waals surface area contributed by atoms with Crippen LogP contribution in [0.1, 0.15) is 42.4 Å². The van der Waals surface area contributed by atoms with Gasteiger partial charge in [-0.05, 0) is 45.1 Å². The molecule has 1 amide bonds. The highest BCUT2D eigenvalue weighted by atomic mass is 32.2. The minimum atomic E-state index is -3.00. The molecule has 1 saturated heterocycles. The molecule has 1 aromatic carbocycles. The standard InChI is InChI=1S/C17H23NO3S/c1-12-8-13(2)10-14(9-12)17(5-6-17)16(19)18-15-4-3-7-22(20,21)11-15/h8-10,15H,3-7,11H2,1-2H3,(H,18,19). The van der Waals surface area contributed by atoms with Crippen LogP contribution in [0.2, 0.25) is 0 Å². The van der Waals surface area contributed by atoms with Gasteiger partial charge in [0.1, 0.15) is 0 Å². The molecule has 1 aromatic rings. The van der Waals surface area contributed by atoms with E-state index in [4.69, 9.17) is 0 Å². The highest BCUT2D eigenvalue weighted by Gasteiger charge is 2.51. The van der Waals surface area contributed by atoms with Crippen LogP contribution in [0.3, 0.4) is 0 Å². The van der Waals surface area contributed by atoms with E-state index < -0.39 is 15.3 Å². The molecule has 1 aliphatic heterocycles. The fraction of sp³-hybridized carbons (Fsp3) is 0.588. The second-order valence-corrected chi connectivity index (χ2v) is 9.11. The minimum Gasteiger partial charge on any atom is -0.352 e.